The Morgan fingerprint density at radius 3 is 2.62 bits per heavy atom. The van der Waals surface area contributed by atoms with Gasteiger partial charge < -0.3 is 9.30 Å². The second-order valence-electron chi connectivity index (χ2n) is 5.63. The van der Waals surface area contributed by atoms with Crippen molar-refractivity contribution in [2.24, 2.45) is 5.92 Å². The summed E-state index contributed by atoms with van der Waals surface area (Å²) in [6.07, 6.45) is 9.17. The van der Waals surface area contributed by atoms with Crippen LogP contribution in [0.2, 0.25) is 0 Å². The van der Waals surface area contributed by atoms with E-state index in [1.807, 2.05) is 31.5 Å². The van der Waals surface area contributed by atoms with Gasteiger partial charge >= 0.3 is 0 Å². The van der Waals surface area contributed by atoms with Gasteiger partial charge in [-0.2, -0.15) is 0 Å². The lowest BCUT2D eigenvalue weighted by atomic mass is 10.1. The quantitative estimate of drug-likeness (QED) is 0.756. The topological polar surface area (TPSA) is 27.1 Å². The number of nitrogens with zero attached hydrogens (tertiary/aromatic N) is 2. The first-order chi connectivity index (χ1) is 10.1. The Hall–Kier alpha value is -2.03. The van der Waals surface area contributed by atoms with Crippen molar-refractivity contribution in [3.8, 4) is 5.75 Å². The standard InChI is InChI=1S/C18H24N2O/c1-15(2)10-14-21-18-8-6-17(7-9-18)5-4-12-20-13-11-19-16(20)3/h4-9,11,13,15H,10,12,14H2,1-3H3. The number of hydrogen-bond acceptors (Lipinski definition) is 2. The molecule has 0 aliphatic carbocycles. The lowest BCUT2D eigenvalue weighted by Crippen LogP contribution is -2.01. The summed E-state index contributed by atoms with van der Waals surface area (Å²) in [7, 11) is 0. The van der Waals surface area contributed by atoms with E-state index in [9.17, 15) is 0 Å². The molecule has 0 bridgehead atoms. The van der Waals surface area contributed by atoms with Crippen molar-refractivity contribution in [3.63, 3.8) is 0 Å². The molecule has 1 aromatic heterocycles. The third kappa shape index (κ3) is 5.10. The maximum atomic E-state index is 5.71. The van der Waals surface area contributed by atoms with Gasteiger partial charge in [0, 0.05) is 18.9 Å². The monoisotopic (exact) mass is 284 g/mol. The highest BCUT2D eigenvalue weighted by atomic mass is 16.5. The van der Waals surface area contributed by atoms with Gasteiger partial charge in [-0.25, -0.2) is 4.98 Å². The van der Waals surface area contributed by atoms with Gasteiger partial charge in [-0.15, -0.1) is 0 Å². The van der Waals surface area contributed by atoms with Gasteiger partial charge in [0.25, 0.3) is 0 Å². The van der Waals surface area contributed by atoms with Crippen molar-refractivity contribution in [1.82, 2.24) is 9.55 Å². The van der Waals surface area contributed by atoms with E-state index in [0.717, 1.165) is 31.1 Å². The Balaban J connectivity index is 1.83. The maximum Gasteiger partial charge on any atom is 0.119 e. The van der Waals surface area contributed by atoms with Gasteiger partial charge in [0.2, 0.25) is 0 Å². The molecule has 2 rings (SSSR count). The van der Waals surface area contributed by atoms with Crippen LogP contribution in [-0.4, -0.2) is 16.2 Å². The maximum absolute atomic E-state index is 5.71. The van der Waals surface area contributed by atoms with Gasteiger partial charge in [-0.1, -0.05) is 38.1 Å². The number of aryl methyl sites for hydroxylation is 1. The zero-order valence-corrected chi connectivity index (χ0v) is 13.1. The fourth-order valence-electron chi connectivity index (χ4n) is 1.99. The molecule has 0 aliphatic rings. The van der Waals surface area contributed by atoms with Crippen LogP contribution in [0.15, 0.2) is 42.7 Å². The minimum atomic E-state index is 0.679. The molecule has 0 atom stereocenters. The second kappa shape index (κ2) is 7.67. The first-order valence-electron chi connectivity index (χ1n) is 7.52. The first-order valence-corrected chi connectivity index (χ1v) is 7.52. The van der Waals surface area contributed by atoms with Crippen LogP contribution >= 0.6 is 0 Å². The van der Waals surface area contributed by atoms with Crippen LogP contribution in [0.4, 0.5) is 0 Å². The van der Waals surface area contributed by atoms with E-state index in [4.69, 9.17) is 4.74 Å². The van der Waals surface area contributed by atoms with Crippen LogP contribution in [0, 0.1) is 12.8 Å². The van der Waals surface area contributed by atoms with Gasteiger partial charge in [0.15, 0.2) is 0 Å². The van der Waals surface area contributed by atoms with Crippen molar-refractivity contribution in [3.05, 3.63) is 54.1 Å². The molecular weight excluding hydrogens is 260 g/mol. The van der Waals surface area contributed by atoms with Crippen molar-refractivity contribution in [2.45, 2.75) is 33.7 Å². The van der Waals surface area contributed by atoms with E-state index in [1.165, 1.54) is 5.56 Å². The summed E-state index contributed by atoms with van der Waals surface area (Å²) in [6.45, 7) is 8.06. The van der Waals surface area contributed by atoms with Crippen molar-refractivity contribution in [1.29, 1.82) is 0 Å². The summed E-state index contributed by atoms with van der Waals surface area (Å²) >= 11 is 0. The molecule has 0 fully saturated rings. The van der Waals surface area contributed by atoms with Gasteiger partial charge in [0.1, 0.15) is 11.6 Å². The average molecular weight is 284 g/mol. The lowest BCUT2D eigenvalue weighted by Gasteiger charge is -2.08. The molecule has 112 valence electrons. The predicted molar refractivity (Wildman–Crippen MR) is 87.4 cm³/mol. The number of aromatic nitrogens is 2. The molecule has 3 heteroatoms. The van der Waals surface area contributed by atoms with E-state index in [1.54, 1.807) is 0 Å². The molecule has 0 saturated heterocycles. The van der Waals surface area contributed by atoms with Gasteiger partial charge in [0.05, 0.1) is 6.61 Å². The highest BCUT2D eigenvalue weighted by molar-refractivity contribution is 5.50. The largest absolute Gasteiger partial charge is 0.494 e. The summed E-state index contributed by atoms with van der Waals surface area (Å²) in [5.41, 5.74) is 1.18. The minimum absolute atomic E-state index is 0.679. The molecule has 0 N–H and O–H groups in total. The molecule has 0 radical (unpaired) electrons. The molecule has 1 aromatic carbocycles. The van der Waals surface area contributed by atoms with Crippen LogP contribution in [0.1, 0.15) is 31.7 Å². The summed E-state index contributed by atoms with van der Waals surface area (Å²) in [5, 5.41) is 0. The number of allylic oxidation sites excluding steroid dienone is 1. The number of benzene rings is 1. The Morgan fingerprint density at radius 2 is 2.00 bits per heavy atom. The zero-order valence-electron chi connectivity index (χ0n) is 13.1. The zero-order chi connectivity index (χ0) is 15.1. The summed E-state index contributed by atoms with van der Waals surface area (Å²) in [4.78, 5) is 4.21. The summed E-state index contributed by atoms with van der Waals surface area (Å²) in [6, 6.07) is 8.23. The lowest BCUT2D eigenvalue weighted by molar-refractivity contribution is 0.289. The number of hydrogen-bond donors (Lipinski definition) is 0. The Morgan fingerprint density at radius 1 is 1.24 bits per heavy atom. The van der Waals surface area contributed by atoms with Gasteiger partial charge in [-0.3, -0.25) is 0 Å². The highest BCUT2D eigenvalue weighted by Gasteiger charge is 1.97. The van der Waals surface area contributed by atoms with E-state index >= 15 is 0 Å². The van der Waals surface area contributed by atoms with E-state index in [-0.39, 0.29) is 0 Å². The van der Waals surface area contributed by atoms with Crippen LogP contribution in [0.25, 0.3) is 6.08 Å². The van der Waals surface area contributed by atoms with Crippen molar-refractivity contribution < 1.29 is 4.74 Å². The fraction of sp³-hybridized carbons (Fsp3) is 0.389. The average Bonchev–Trinajstić information content (AvgIpc) is 2.86. The smallest absolute Gasteiger partial charge is 0.119 e. The fourth-order valence-corrected chi connectivity index (χ4v) is 1.99. The predicted octanol–water partition coefficient (Wildman–Crippen LogP) is 4.33. The SMILES string of the molecule is Cc1nccn1CC=Cc1ccc(OCCC(C)C)cc1. The highest BCUT2D eigenvalue weighted by Crippen LogP contribution is 2.14. The van der Waals surface area contributed by atoms with Gasteiger partial charge in [-0.05, 0) is 37.0 Å². The Labute approximate surface area is 127 Å². The molecule has 0 unspecified atom stereocenters. The van der Waals surface area contributed by atoms with Crippen LogP contribution in [0.3, 0.4) is 0 Å². The van der Waals surface area contributed by atoms with E-state index in [0.29, 0.717) is 5.92 Å². The molecule has 3 nitrogen and oxygen atoms in total. The van der Waals surface area contributed by atoms with E-state index < -0.39 is 0 Å². The Bertz CT molecular complexity index is 567. The third-order valence-corrected chi connectivity index (χ3v) is 3.38. The molecule has 2 aromatic rings. The number of rotatable bonds is 7. The normalized spacial score (nSPS) is 11.4. The summed E-state index contributed by atoms with van der Waals surface area (Å²) in [5.74, 6) is 2.66. The molecule has 0 spiro atoms. The van der Waals surface area contributed by atoms with Crippen LogP contribution in [0.5, 0.6) is 5.75 Å². The third-order valence-electron chi connectivity index (χ3n) is 3.38. The minimum Gasteiger partial charge on any atom is -0.494 e. The molecule has 1 heterocycles. The van der Waals surface area contributed by atoms with Crippen molar-refractivity contribution >= 4 is 6.08 Å². The first kappa shape index (κ1) is 15.4. The molecule has 0 saturated carbocycles. The van der Waals surface area contributed by atoms with Crippen LogP contribution in [-0.2, 0) is 6.54 Å². The number of ether oxygens (including phenoxy) is 1. The van der Waals surface area contributed by atoms with Crippen LogP contribution < -0.4 is 4.74 Å². The second-order valence-corrected chi connectivity index (χ2v) is 5.63. The molecular formula is C18H24N2O. The molecule has 0 aliphatic heterocycles. The number of imidazole rings is 1. The van der Waals surface area contributed by atoms with Crippen molar-refractivity contribution in [2.75, 3.05) is 6.61 Å². The summed E-state index contributed by atoms with van der Waals surface area (Å²) < 4.78 is 7.83. The molecule has 0 amide bonds. The van der Waals surface area contributed by atoms with E-state index in [2.05, 4.69) is 47.7 Å². The molecule has 21 heavy (non-hydrogen) atoms. The Kier molecular flexibility index (Phi) is 5.61.